The summed E-state index contributed by atoms with van der Waals surface area (Å²) in [5.74, 6) is -25.8. The second kappa shape index (κ2) is 8.67. The predicted molar refractivity (Wildman–Crippen MR) is 112 cm³/mol. The van der Waals surface area contributed by atoms with Crippen LogP contribution >= 0.6 is 0 Å². The van der Waals surface area contributed by atoms with Gasteiger partial charge in [-0.25, -0.2) is 52.7 Å². The van der Waals surface area contributed by atoms with E-state index >= 15 is 13.2 Å². The third-order valence-corrected chi connectivity index (χ3v) is 5.96. The molecule has 12 heteroatoms. The van der Waals surface area contributed by atoms with Gasteiger partial charge in [-0.3, -0.25) is 0 Å². The number of benzene rings is 5. The summed E-state index contributed by atoms with van der Waals surface area (Å²) in [6, 6.07) is 2.65. The van der Waals surface area contributed by atoms with Crippen molar-refractivity contribution in [2.75, 3.05) is 0 Å². The fraction of sp³-hybridized carbons (Fsp3) is 0. The normalized spacial score (nSPS) is 11.7. The second-order valence-electron chi connectivity index (χ2n) is 7.98. The Balaban J connectivity index is 2.20. The molecule has 0 atom stereocenters. The van der Waals surface area contributed by atoms with Gasteiger partial charge in [-0.15, -0.1) is 0 Å². The van der Waals surface area contributed by atoms with E-state index in [2.05, 4.69) is 0 Å². The molecule has 38 heavy (non-hydrogen) atoms. The molecule has 5 aromatic rings. The van der Waals surface area contributed by atoms with E-state index in [0.29, 0.717) is 18.2 Å². The zero-order valence-corrected chi connectivity index (χ0v) is 18.0. The second-order valence-corrected chi connectivity index (χ2v) is 7.98. The molecule has 0 spiro atoms. The van der Waals surface area contributed by atoms with E-state index in [9.17, 15) is 39.5 Å². The van der Waals surface area contributed by atoms with Crippen molar-refractivity contribution in [1.29, 1.82) is 0 Å². The van der Waals surface area contributed by atoms with E-state index in [-0.39, 0.29) is 6.07 Å². The maximum atomic E-state index is 15.2. The highest BCUT2D eigenvalue weighted by Gasteiger charge is 2.34. The third-order valence-electron chi connectivity index (χ3n) is 5.96. The van der Waals surface area contributed by atoms with E-state index in [1.807, 2.05) is 0 Å². The molecule has 5 aromatic carbocycles. The maximum absolute atomic E-state index is 15.2. The highest BCUT2D eigenvalue weighted by Crippen LogP contribution is 2.49. The number of rotatable bonds is 2. The SMILES string of the molecule is Fc1cc(F)c(F)c(-c2c3cccc(F)c3c(-c3c(F)c(F)c(F)c(F)c3F)c3c(F)ccc(F)c23)c1F. The average molecular weight is 546 g/mol. The van der Waals surface area contributed by atoms with Crippen LogP contribution in [0, 0.1) is 69.8 Å². The minimum absolute atomic E-state index is 0.195. The van der Waals surface area contributed by atoms with Crippen LogP contribution in [0.15, 0.2) is 36.4 Å². The van der Waals surface area contributed by atoms with Crippen LogP contribution in [0.25, 0.3) is 43.8 Å². The molecule has 0 bridgehead atoms. The zero-order valence-electron chi connectivity index (χ0n) is 18.0. The summed E-state index contributed by atoms with van der Waals surface area (Å²) in [6.45, 7) is 0. The van der Waals surface area contributed by atoms with Crippen molar-refractivity contribution in [3.8, 4) is 22.3 Å². The molecule has 0 unspecified atom stereocenters. The molecule has 0 aliphatic carbocycles. The van der Waals surface area contributed by atoms with E-state index in [1.54, 1.807) is 0 Å². The van der Waals surface area contributed by atoms with Crippen molar-refractivity contribution in [3.63, 3.8) is 0 Å². The van der Waals surface area contributed by atoms with E-state index in [1.165, 1.54) is 0 Å². The molecule has 0 N–H and O–H groups in total. The molecule has 0 radical (unpaired) electrons. The molecule has 0 aromatic heterocycles. The zero-order chi connectivity index (χ0) is 27.8. The number of hydrogen-bond donors (Lipinski definition) is 0. The van der Waals surface area contributed by atoms with Gasteiger partial charge in [-0.2, -0.15) is 0 Å². The maximum Gasteiger partial charge on any atom is 0.200 e. The van der Waals surface area contributed by atoms with Gasteiger partial charge in [-0.1, -0.05) is 12.1 Å². The van der Waals surface area contributed by atoms with Crippen LogP contribution in [0.5, 0.6) is 0 Å². The lowest BCUT2D eigenvalue weighted by atomic mass is 9.84. The van der Waals surface area contributed by atoms with Gasteiger partial charge in [0.2, 0.25) is 5.82 Å². The Morgan fingerprint density at radius 2 is 0.737 bits per heavy atom. The monoisotopic (exact) mass is 546 g/mol. The summed E-state index contributed by atoms with van der Waals surface area (Å²) in [5, 5.41) is -4.76. The Bertz CT molecular complexity index is 1790. The van der Waals surface area contributed by atoms with Gasteiger partial charge in [0, 0.05) is 33.4 Å². The lowest BCUT2D eigenvalue weighted by Crippen LogP contribution is -2.07. The van der Waals surface area contributed by atoms with Crippen LogP contribution in [-0.4, -0.2) is 0 Å². The quantitative estimate of drug-likeness (QED) is 0.0898. The van der Waals surface area contributed by atoms with E-state index in [0.717, 1.165) is 12.1 Å². The molecule has 5 rings (SSSR count). The fourth-order valence-electron chi connectivity index (χ4n) is 4.41. The predicted octanol–water partition coefficient (Wildman–Crippen LogP) is 9.00. The van der Waals surface area contributed by atoms with Crippen LogP contribution in [0.3, 0.4) is 0 Å². The van der Waals surface area contributed by atoms with Gasteiger partial charge in [0.15, 0.2) is 46.5 Å². The molecule has 194 valence electrons. The average Bonchev–Trinajstić information content (AvgIpc) is 2.88. The van der Waals surface area contributed by atoms with Crippen molar-refractivity contribution in [2.24, 2.45) is 0 Å². The summed E-state index contributed by atoms with van der Waals surface area (Å²) in [4.78, 5) is 0. The molecule has 0 fully saturated rings. The first-order valence-electron chi connectivity index (χ1n) is 10.2. The Kier molecular flexibility index (Phi) is 5.80. The first kappa shape index (κ1) is 25.4. The molecule has 0 amide bonds. The van der Waals surface area contributed by atoms with Gasteiger partial charge in [0.1, 0.15) is 17.5 Å². The van der Waals surface area contributed by atoms with Gasteiger partial charge >= 0.3 is 0 Å². The molecule has 0 saturated heterocycles. The molecule has 0 heterocycles. The van der Waals surface area contributed by atoms with Gasteiger partial charge in [0.05, 0.1) is 11.1 Å². The largest absolute Gasteiger partial charge is 0.206 e. The minimum atomic E-state index is -2.61. The summed E-state index contributed by atoms with van der Waals surface area (Å²) >= 11 is 0. The highest BCUT2D eigenvalue weighted by atomic mass is 19.2. The number of hydrogen-bond acceptors (Lipinski definition) is 0. The van der Waals surface area contributed by atoms with Crippen molar-refractivity contribution < 1.29 is 52.7 Å². The van der Waals surface area contributed by atoms with Gasteiger partial charge in [0.25, 0.3) is 0 Å². The molecular formula is C26H6F12. The van der Waals surface area contributed by atoms with Crippen LogP contribution in [0.2, 0.25) is 0 Å². The Morgan fingerprint density at radius 3 is 1.26 bits per heavy atom. The molecular weight excluding hydrogens is 540 g/mol. The van der Waals surface area contributed by atoms with E-state index < -0.39 is 114 Å². The lowest BCUT2D eigenvalue weighted by molar-refractivity contribution is 0.381. The van der Waals surface area contributed by atoms with E-state index in [4.69, 9.17) is 0 Å². The summed E-state index contributed by atoms with van der Waals surface area (Å²) in [6.07, 6.45) is 0. The standard InChI is InChI=1S/C26H6F12/c27-8-3-1-2-7-13(8)17(19-22(34)24(36)26(38)25(37)23(19)35)16-10(29)5-4-9(28)15(16)14(7)18-20(32)11(30)6-12(31)21(18)33/h1-6H. The fourth-order valence-corrected chi connectivity index (χ4v) is 4.41. The first-order chi connectivity index (χ1) is 17.9. The molecule has 0 aliphatic heterocycles. The van der Waals surface area contributed by atoms with Crippen LogP contribution in [0.1, 0.15) is 0 Å². The van der Waals surface area contributed by atoms with Crippen molar-refractivity contribution >= 4 is 21.5 Å². The van der Waals surface area contributed by atoms with Crippen molar-refractivity contribution in [3.05, 3.63) is 106 Å². The Morgan fingerprint density at radius 1 is 0.316 bits per heavy atom. The summed E-state index contributed by atoms with van der Waals surface area (Å²) in [5.41, 5.74) is -6.12. The van der Waals surface area contributed by atoms with Crippen molar-refractivity contribution in [2.45, 2.75) is 0 Å². The number of fused-ring (bicyclic) bond motifs is 2. The number of halogens is 12. The lowest BCUT2D eigenvalue weighted by Gasteiger charge is -2.20. The van der Waals surface area contributed by atoms with Crippen molar-refractivity contribution in [1.82, 2.24) is 0 Å². The minimum Gasteiger partial charge on any atom is -0.206 e. The van der Waals surface area contributed by atoms with Crippen LogP contribution in [0.4, 0.5) is 52.7 Å². The Hall–Kier alpha value is -4.22. The smallest absolute Gasteiger partial charge is 0.200 e. The summed E-state index contributed by atoms with van der Waals surface area (Å²) in [7, 11) is 0. The van der Waals surface area contributed by atoms with Crippen LogP contribution < -0.4 is 0 Å². The molecule has 0 aliphatic rings. The molecule has 0 saturated carbocycles. The third kappa shape index (κ3) is 3.35. The van der Waals surface area contributed by atoms with Gasteiger partial charge < -0.3 is 0 Å². The highest BCUT2D eigenvalue weighted by molar-refractivity contribution is 6.22. The first-order valence-corrected chi connectivity index (χ1v) is 10.2. The summed E-state index contributed by atoms with van der Waals surface area (Å²) < 4.78 is 175. The molecule has 0 nitrogen and oxygen atoms in total. The van der Waals surface area contributed by atoms with Gasteiger partial charge in [-0.05, 0) is 23.6 Å². The van der Waals surface area contributed by atoms with Crippen LogP contribution in [-0.2, 0) is 0 Å². The Labute approximate surface area is 203 Å². The topological polar surface area (TPSA) is 0 Å².